The summed E-state index contributed by atoms with van der Waals surface area (Å²) in [5.74, 6) is -1.42. The fraction of sp³-hybridized carbons (Fsp3) is 0. The average Bonchev–Trinajstić information content (AvgIpc) is 2.17. The van der Waals surface area contributed by atoms with Crippen molar-refractivity contribution < 1.29 is 8.78 Å². The molecule has 0 unspecified atom stereocenters. The van der Waals surface area contributed by atoms with Gasteiger partial charge in [0.05, 0.1) is 11.9 Å². The predicted molar refractivity (Wildman–Crippen MR) is 49.6 cm³/mol. The number of halogens is 2. The van der Waals surface area contributed by atoms with Crippen LogP contribution < -0.4 is 5.73 Å². The van der Waals surface area contributed by atoms with Crippen molar-refractivity contribution in [1.29, 1.82) is 0 Å². The highest BCUT2D eigenvalue weighted by Crippen LogP contribution is 2.20. The molecule has 0 saturated carbocycles. The lowest BCUT2D eigenvalue weighted by Crippen LogP contribution is -1.99. The standard InChI is InChI=1S/C9H6F2N4/c10-5-1-2-6(7(11)3-5)8-4-13-15-9(12)14-8/h1-4H,(H2,12,14,15). The van der Waals surface area contributed by atoms with Gasteiger partial charge in [-0.3, -0.25) is 0 Å². The molecule has 0 bridgehead atoms. The minimum atomic E-state index is -0.713. The summed E-state index contributed by atoms with van der Waals surface area (Å²) in [7, 11) is 0. The Morgan fingerprint density at radius 2 is 2.00 bits per heavy atom. The van der Waals surface area contributed by atoms with Crippen molar-refractivity contribution in [3.8, 4) is 11.3 Å². The van der Waals surface area contributed by atoms with Crippen LogP contribution in [0, 0.1) is 11.6 Å². The highest BCUT2D eigenvalue weighted by atomic mass is 19.1. The Kier molecular flexibility index (Phi) is 2.24. The van der Waals surface area contributed by atoms with Crippen LogP contribution in [0.2, 0.25) is 0 Å². The Morgan fingerprint density at radius 1 is 1.20 bits per heavy atom. The van der Waals surface area contributed by atoms with E-state index in [0.717, 1.165) is 12.1 Å². The number of benzene rings is 1. The van der Waals surface area contributed by atoms with Crippen molar-refractivity contribution >= 4 is 5.95 Å². The average molecular weight is 208 g/mol. The fourth-order valence-corrected chi connectivity index (χ4v) is 1.14. The number of nitrogen functional groups attached to an aromatic ring is 1. The molecule has 2 rings (SSSR count). The van der Waals surface area contributed by atoms with Gasteiger partial charge in [-0.05, 0) is 12.1 Å². The van der Waals surface area contributed by atoms with Crippen molar-refractivity contribution in [2.45, 2.75) is 0 Å². The number of rotatable bonds is 1. The summed E-state index contributed by atoms with van der Waals surface area (Å²) in [6.45, 7) is 0. The molecular weight excluding hydrogens is 202 g/mol. The molecule has 1 aromatic heterocycles. The second kappa shape index (κ2) is 3.56. The molecule has 6 heteroatoms. The molecule has 2 N–H and O–H groups in total. The van der Waals surface area contributed by atoms with Crippen LogP contribution in [0.3, 0.4) is 0 Å². The summed E-state index contributed by atoms with van der Waals surface area (Å²) in [4.78, 5) is 3.78. The Labute approximate surface area is 83.8 Å². The van der Waals surface area contributed by atoms with Crippen molar-refractivity contribution in [3.05, 3.63) is 36.0 Å². The molecule has 4 nitrogen and oxygen atoms in total. The third-order valence-corrected chi connectivity index (χ3v) is 1.78. The maximum Gasteiger partial charge on any atom is 0.240 e. The number of hydrogen-bond acceptors (Lipinski definition) is 4. The van der Waals surface area contributed by atoms with Gasteiger partial charge in [-0.25, -0.2) is 13.8 Å². The van der Waals surface area contributed by atoms with Gasteiger partial charge in [0.15, 0.2) is 0 Å². The van der Waals surface area contributed by atoms with Gasteiger partial charge in [0.25, 0.3) is 0 Å². The van der Waals surface area contributed by atoms with Gasteiger partial charge in [-0.1, -0.05) is 0 Å². The van der Waals surface area contributed by atoms with E-state index in [1.807, 2.05) is 0 Å². The zero-order chi connectivity index (χ0) is 10.8. The monoisotopic (exact) mass is 208 g/mol. The van der Waals surface area contributed by atoms with Crippen LogP contribution in [0.15, 0.2) is 24.4 Å². The summed E-state index contributed by atoms with van der Waals surface area (Å²) in [5, 5.41) is 6.96. The van der Waals surface area contributed by atoms with Crippen molar-refractivity contribution in [2.24, 2.45) is 0 Å². The maximum atomic E-state index is 13.3. The van der Waals surface area contributed by atoms with E-state index in [1.54, 1.807) is 0 Å². The van der Waals surface area contributed by atoms with Crippen molar-refractivity contribution in [2.75, 3.05) is 5.73 Å². The summed E-state index contributed by atoms with van der Waals surface area (Å²) < 4.78 is 25.9. The van der Waals surface area contributed by atoms with E-state index in [-0.39, 0.29) is 17.2 Å². The number of anilines is 1. The molecule has 0 aliphatic rings. The third kappa shape index (κ3) is 1.88. The Hall–Kier alpha value is -2.11. The highest BCUT2D eigenvalue weighted by molar-refractivity contribution is 5.59. The van der Waals surface area contributed by atoms with Gasteiger partial charge in [0.2, 0.25) is 5.95 Å². The van der Waals surface area contributed by atoms with E-state index in [0.29, 0.717) is 0 Å². The largest absolute Gasteiger partial charge is 0.366 e. The molecule has 2 aromatic rings. The van der Waals surface area contributed by atoms with Gasteiger partial charge >= 0.3 is 0 Å². The quantitative estimate of drug-likeness (QED) is 0.769. The molecule has 1 aromatic carbocycles. The lowest BCUT2D eigenvalue weighted by atomic mass is 10.1. The Bertz CT molecular complexity index is 501. The number of hydrogen-bond donors (Lipinski definition) is 1. The molecule has 0 aliphatic heterocycles. The summed E-state index contributed by atoms with van der Waals surface area (Å²) in [5.41, 5.74) is 5.65. The maximum absolute atomic E-state index is 13.3. The lowest BCUT2D eigenvalue weighted by Gasteiger charge is -2.01. The number of nitrogens with two attached hydrogens (primary N) is 1. The van der Waals surface area contributed by atoms with E-state index < -0.39 is 11.6 Å². The first-order chi connectivity index (χ1) is 7.16. The van der Waals surface area contributed by atoms with E-state index in [9.17, 15) is 8.78 Å². The molecule has 0 aliphatic carbocycles. The summed E-state index contributed by atoms with van der Waals surface area (Å²) in [6.07, 6.45) is 1.26. The second-order valence-corrected chi connectivity index (χ2v) is 2.82. The van der Waals surface area contributed by atoms with Gasteiger partial charge in [-0.15, -0.1) is 5.10 Å². The number of nitrogens with zero attached hydrogens (tertiary/aromatic N) is 3. The van der Waals surface area contributed by atoms with Crippen molar-refractivity contribution in [3.63, 3.8) is 0 Å². The van der Waals surface area contributed by atoms with Crippen LogP contribution in [-0.4, -0.2) is 15.2 Å². The third-order valence-electron chi connectivity index (χ3n) is 1.78. The van der Waals surface area contributed by atoms with Crippen LogP contribution in [0.4, 0.5) is 14.7 Å². The topological polar surface area (TPSA) is 64.7 Å². The first-order valence-corrected chi connectivity index (χ1v) is 4.07. The van der Waals surface area contributed by atoms with E-state index in [2.05, 4.69) is 15.2 Å². The van der Waals surface area contributed by atoms with Crippen molar-refractivity contribution in [1.82, 2.24) is 15.2 Å². The van der Waals surface area contributed by atoms with Crippen LogP contribution >= 0.6 is 0 Å². The second-order valence-electron chi connectivity index (χ2n) is 2.82. The van der Waals surface area contributed by atoms with Gasteiger partial charge in [-0.2, -0.15) is 5.10 Å². The first-order valence-electron chi connectivity index (χ1n) is 4.07. The van der Waals surface area contributed by atoms with Crippen LogP contribution in [0.1, 0.15) is 0 Å². The van der Waals surface area contributed by atoms with Gasteiger partial charge in [0.1, 0.15) is 11.6 Å². The van der Waals surface area contributed by atoms with Gasteiger partial charge < -0.3 is 5.73 Å². The molecule has 0 atom stereocenters. The molecule has 15 heavy (non-hydrogen) atoms. The minimum Gasteiger partial charge on any atom is -0.366 e. The molecular formula is C9H6F2N4. The zero-order valence-corrected chi connectivity index (χ0v) is 7.48. The van der Waals surface area contributed by atoms with Crippen LogP contribution in [0.25, 0.3) is 11.3 Å². The summed E-state index contributed by atoms with van der Waals surface area (Å²) >= 11 is 0. The Morgan fingerprint density at radius 3 is 2.67 bits per heavy atom. The predicted octanol–water partition coefficient (Wildman–Crippen LogP) is 1.40. The Balaban J connectivity index is 2.54. The molecule has 1 heterocycles. The van der Waals surface area contributed by atoms with E-state index in [1.165, 1.54) is 12.3 Å². The van der Waals surface area contributed by atoms with Gasteiger partial charge in [0, 0.05) is 11.6 Å². The zero-order valence-electron chi connectivity index (χ0n) is 7.48. The first kappa shape index (κ1) is 9.45. The fourth-order valence-electron chi connectivity index (χ4n) is 1.14. The molecule has 0 radical (unpaired) electrons. The van der Waals surface area contributed by atoms with E-state index >= 15 is 0 Å². The summed E-state index contributed by atoms with van der Waals surface area (Å²) in [6, 6.07) is 3.18. The molecule has 0 spiro atoms. The molecule has 0 saturated heterocycles. The normalized spacial score (nSPS) is 10.3. The molecule has 76 valence electrons. The SMILES string of the molecule is Nc1nncc(-c2ccc(F)cc2F)n1. The molecule has 0 amide bonds. The van der Waals surface area contributed by atoms with Crippen LogP contribution in [-0.2, 0) is 0 Å². The lowest BCUT2D eigenvalue weighted by molar-refractivity contribution is 0.585. The number of aromatic nitrogens is 3. The smallest absolute Gasteiger partial charge is 0.240 e. The highest BCUT2D eigenvalue weighted by Gasteiger charge is 2.08. The van der Waals surface area contributed by atoms with E-state index in [4.69, 9.17) is 5.73 Å². The van der Waals surface area contributed by atoms with Crippen LogP contribution in [0.5, 0.6) is 0 Å². The minimum absolute atomic E-state index is 0.0591. The molecule has 0 fully saturated rings.